The number of aromatic hydroxyl groups is 2. The van der Waals surface area contributed by atoms with Gasteiger partial charge in [0.05, 0.1) is 12.2 Å². The van der Waals surface area contributed by atoms with Crippen LogP contribution in [0.5, 0.6) is 11.5 Å². The lowest BCUT2D eigenvalue weighted by Crippen LogP contribution is -2.06. The van der Waals surface area contributed by atoms with Gasteiger partial charge in [-0.2, -0.15) is 0 Å². The topological polar surface area (TPSA) is 93.1 Å². The maximum Gasteiger partial charge on any atom is 0.136 e. The highest BCUT2D eigenvalue weighted by Gasteiger charge is 2.17. The molecule has 0 aromatic heterocycles. The predicted octanol–water partition coefficient (Wildman–Crippen LogP) is 6.47. The third kappa shape index (κ3) is 7.90. The SMILES string of the molecule is CO[C@H]1CCCC(=O)C/C=C\c2cc(O)ccc21.CO[C@H]1CCCC(=O)C/C=C\c2cc(O)ccc21. The molecule has 2 aromatic rings. The number of benzene rings is 2. The van der Waals surface area contributed by atoms with Gasteiger partial charge in [0.15, 0.2) is 0 Å². The fourth-order valence-corrected chi connectivity index (χ4v) is 4.61. The average molecular weight is 493 g/mol. The van der Waals surface area contributed by atoms with Gasteiger partial charge in [0.25, 0.3) is 0 Å². The van der Waals surface area contributed by atoms with E-state index in [4.69, 9.17) is 9.47 Å². The summed E-state index contributed by atoms with van der Waals surface area (Å²) in [4.78, 5) is 23.1. The number of ketones is 2. The summed E-state index contributed by atoms with van der Waals surface area (Å²) in [7, 11) is 3.36. The molecular weight excluding hydrogens is 456 g/mol. The largest absolute Gasteiger partial charge is 0.508 e. The van der Waals surface area contributed by atoms with Crippen LogP contribution < -0.4 is 0 Å². The van der Waals surface area contributed by atoms with Crippen LogP contribution in [0.2, 0.25) is 0 Å². The van der Waals surface area contributed by atoms with Gasteiger partial charge >= 0.3 is 0 Å². The Bertz CT molecular complexity index is 1010. The van der Waals surface area contributed by atoms with Crippen LogP contribution in [0, 0.1) is 0 Å². The Balaban J connectivity index is 0.000000201. The number of carbonyl (C=O) groups excluding carboxylic acids is 2. The number of allylic oxidation sites excluding steroid dienone is 2. The summed E-state index contributed by atoms with van der Waals surface area (Å²) in [6.07, 6.45) is 13.0. The van der Waals surface area contributed by atoms with Crippen molar-refractivity contribution in [2.24, 2.45) is 0 Å². The number of hydrogen-bond donors (Lipinski definition) is 2. The minimum absolute atomic E-state index is 0.0175. The molecule has 0 unspecified atom stereocenters. The Kier molecular flexibility index (Phi) is 10.5. The Hall–Kier alpha value is -3.22. The summed E-state index contributed by atoms with van der Waals surface area (Å²) in [5, 5.41) is 19.1. The Morgan fingerprint density at radius 3 is 1.50 bits per heavy atom. The molecule has 36 heavy (non-hydrogen) atoms. The highest BCUT2D eigenvalue weighted by atomic mass is 16.5. The zero-order chi connectivity index (χ0) is 25.9. The number of rotatable bonds is 2. The fourth-order valence-electron chi connectivity index (χ4n) is 4.61. The van der Waals surface area contributed by atoms with Crippen molar-refractivity contribution in [1.82, 2.24) is 0 Å². The zero-order valence-electron chi connectivity index (χ0n) is 21.1. The number of fused-ring (bicyclic) bond motifs is 2. The second-order valence-corrected chi connectivity index (χ2v) is 9.15. The molecule has 6 nitrogen and oxygen atoms in total. The average Bonchev–Trinajstić information content (AvgIpc) is 2.86. The molecular formula is C30H36O6. The minimum atomic E-state index is -0.0175. The molecule has 2 atom stereocenters. The molecule has 192 valence electrons. The van der Waals surface area contributed by atoms with Crippen molar-refractivity contribution >= 4 is 23.7 Å². The molecule has 2 N–H and O–H groups in total. The van der Waals surface area contributed by atoms with Gasteiger partial charge in [-0.15, -0.1) is 0 Å². The molecule has 0 saturated carbocycles. The van der Waals surface area contributed by atoms with Crippen LogP contribution in [0.1, 0.15) is 85.8 Å². The summed E-state index contributed by atoms with van der Waals surface area (Å²) < 4.78 is 11.0. The van der Waals surface area contributed by atoms with Crippen molar-refractivity contribution < 1.29 is 29.3 Å². The number of ether oxygens (including phenoxy) is 2. The highest BCUT2D eigenvalue weighted by molar-refractivity contribution is 5.81. The maximum atomic E-state index is 11.5. The highest BCUT2D eigenvalue weighted by Crippen LogP contribution is 2.31. The lowest BCUT2D eigenvalue weighted by molar-refractivity contribution is -0.119. The monoisotopic (exact) mass is 492 g/mol. The zero-order valence-corrected chi connectivity index (χ0v) is 21.1. The van der Waals surface area contributed by atoms with Crippen molar-refractivity contribution in [3.63, 3.8) is 0 Å². The minimum Gasteiger partial charge on any atom is -0.508 e. The number of Topliss-reactive ketones (excluding diaryl/α,β-unsaturated/α-hetero) is 2. The normalized spacial score (nSPS) is 22.3. The Morgan fingerprint density at radius 1 is 0.694 bits per heavy atom. The van der Waals surface area contributed by atoms with E-state index in [0.717, 1.165) is 47.9 Å². The van der Waals surface area contributed by atoms with Gasteiger partial charge in [0.1, 0.15) is 23.1 Å². The van der Waals surface area contributed by atoms with Crippen molar-refractivity contribution in [2.75, 3.05) is 14.2 Å². The molecule has 0 amide bonds. The molecule has 0 radical (unpaired) electrons. The first-order valence-electron chi connectivity index (χ1n) is 12.5. The summed E-state index contributed by atoms with van der Waals surface area (Å²) in [5.74, 6) is 0.975. The van der Waals surface area contributed by atoms with E-state index in [1.54, 1.807) is 38.5 Å². The van der Waals surface area contributed by atoms with Crippen LogP contribution in [0.25, 0.3) is 12.2 Å². The molecule has 0 spiro atoms. The quantitative estimate of drug-likeness (QED) is 0.499. The molecule has 4 rings (SSSR count). The van der Waals surface area contributed by atoms with E-state index in [-0.39, 0.29) is 35.3 Å². The van der Waals surface area contributed by atoms with E-state index in [2.05, 4.69) is 0 Å². The smallest absolute Gasteiger partial charge is 0.136 e. The number of methoxy groups -OCH3 is 2. The molecule has 6 heteroatoms. The fraction of sp³-hybridized carbons (Fsp3) is 0.400. The second-order valence-electron chi connectivity index (χ2n) is 9.15. The van der Waals surface area contributed by atoms with Crippen molar-refractivity contribution in [2.45, 2.75) is 63.6 Å². The predicted molar refractivity (Wildman–Crippen MR) is 141 cm³/mol. The first-order chi connectivity index (χ1) is 17.4. The Morgan fingerprint density at radius 2 is 1.11 bits per heavy atom. The van der Waals surface area contributed by atoms with Gasteiger partial charge in [-0.25, -0.2) is 0 Å². The van der Waals surface area contributed by atoms with Gasteiger partial charge in [0, 0.05) is 39.9 Å². The van der Waals surface area contributed by atoms with E-state index >= 15 is 0 Å². The van der Waals surface area contributed by atoms with E-state index in [1.165, 1.54) is 0 Å². The number of hydrogen-bond acceptors (Lipinski definition) is 6. The molecule has 2 aromatic carbocycles. The first kappa shape index (κ1) is 27.4. The van der Waals surface area contributed by atoms with Crippen molar-refractivity contribution in [3.8, 4) is 11.5 Å². The van der Waals surface area contributed by atoms with Crippen LogP contribution in [0.3, 0.4) is 0 Å². The second kappa shape index (κ2) is 13.8. The van der Waals surface area contributed by atoms with E-state index in [1.807, 2.05) is 36.4 Å². The number of phenols is 2. The van der Waals surface area contributed by atoms with Crippen LogP contribution in [0.15, 0.2) is 48.6 Å². The number of carbonyl (C=O) groups is 2. The first-order valence-corrected chi connectivity index (χ1v) is 12.5. The van der Waals surface area contributed by atoms with E-state index in [0.29, 0.717) is 25.7 Å². The molecule has 0 fully saturated rings. The summed E-state index contributed by atoms with van der Waals surface area (Å²) in [6.45, 7) is 0. The summed E-state index contributed by atoms with van der Waals surface area (Å²) >= 11 is 0. The van der Waals surface area contributed by atoms with Gasteiger partial charge in [0.2, 0.25) is 0 Å². The van der Waals surface area contributed by atoms with Crippen molar-refractivity contribution in [1.29, 1.82) is 0 Å². The standard InChI is InChI=1S/2C15H18O3/c2*1-18-15-7-3-6-12(16)5-2-4-11-10-13(17)8-9-14(11)15/h2*2,4,8-10,15,17H,3,5-7H2,1H3/b2*4-2-/t2*15-/m00/s1. The van der Waals surface area contributed by atoms with Gasteiger partial charge in [-0.3, -0.25) is 9.59 Å². The molecule has 0 saturated heterocycles. The summed E-state index contributed by atoms with van der Waals surface area (Å²) in [5.41, 5.74) is 4.00. The van der Waals surface area contributed by atoms with E-state index < -0.39 is 0 Å². The lowest BCUT2D eigenvalue weighted by Gasteiger charge is -2.19. The van der Waals surface area contributed by atoms with Gasteiger partial charge in [-0.1, -0.05) is 36.4 Å². The molecule has 0 bridgehead atoms. The third-order valence-electron chi connectivity index (χ3n) is 6.53. The van der Waals surface area contributed by atoms with E-state index in [9.17, 15) is 19.8 Å². The molecule has 2 aliphatic rings. The number of phenolic OH excluding ortho intramolecular Hbond substituents is 2. The lowest BCUT2D eigenvalue weighted by atomic mass is 9.95. The Labute approximate surface area is 213 Å². The van der Waals surface area contributed by atoms with Gasteiger partial charge in [-0.05, 0) is 72.2 Å². The molecule has 0 heterocycles. The van der Waals surface area contributed by atoms with Gasteiger partial charge < -0.3 is 19.7 Å². The molecule has 0 aliphatic heterocycles. The summed E-state index contributed by atoms with van der Waals surface area (Å²) in [6, 6.07) is 10.6. The maximum absolute atomic E-state index is 11.5. The molecule has 2 aliphatic carbocycles. The van der Waals surface area contributed by atoms with Crippen LogP contribution >= 0.6 is 0 Å². The van der Waals surface area contributed by atoms with Crippen LogP contribution in [0.4, 0.5) is 0 Å². The van der Waals surface area contributed by atoms with Crippen LogP contribution in [-0.4, -0.2) is 36.0 Å². The third-order valence-corrected chi connectivity index (χ3v) is 6.53. The van der Waals surface area contributed by atoms with Crippen LogP contribution in [-0.2, 0) is 19.1 Å². The van der Waals surface area contributed by atoms with Crippen molar-refractivity contribution in [3.05, 3.63) is 70.8 Å².